The molecule has 0 saturated carbocycles. The van der Waals surface area contributed by atoms with Crippen molar-refractivity contribution in [1.29, 1.82) is 0 Å². The molecule has 0 atom stereocenters. The van der Waals surface area contributed by atoms with Crippen LogP contribution in [0, 0.1) is 10.1 Å². The van der Waals surface area contributed by atoms with Crippen molar-refractivity contribution in [2.24, 2.45) is 0 Å². The summed E-state index contributed by atoms with van der Waals surface area (Å²) in [5.41, 5.74) is -1.58. The zero-order valence-corrected chi connectivity index (χ0v) is 10.4. The molecule has 3 N–H and O–H groups in total. The Morgan fingerprint density at radius 1 is 1.37 bits per heavy atom. The van der Waals surface area contributed by atoms with Crippen molar-refractivity contribution in [2.45, 2.75) is 6.18 Å². The second-order valence-corrected chi connectivity index (χ2v) is 3.58. The van der Waals surface area contributed by atoms with E-state index in [-0.39, 0.29) is 5.69 Å². The van der Waals surface area contributed by atoms with Crippen LogP contribution < -0.4 is 5.32 Å². The van der Waals surface area contributed by atoms with Gasteiger partial charge in [-0.2, -0.15) is 13.2 Å². The van der Waals surface area contributed by atoms with E-state index in [1.54, 1.807) is 0 Å². The van der Waals surface area contributed by atoms with Crippen LogP contribution in [0.3, 0.4) is 0 Å². The molecule has 0 fully saturated rings. The van der Waals surface area contributed by atoms with Crippen molar-refractivity contribution in [3.63, 3.8) is 0 Å². The summed E-state index contributed by atoms with van der Waals surface area (Å²) >= 11 is 0. The van der Waals surface area contributed by atoms with Crippen molar-refractivity contribution >= 4 is 19.6 Å². The second kappa shape index (κ2) is 7.07. The quantitative estimate of drug-likeness (QED) is 0.437. The lowest BCUT2D eigenvalue weighted by Gasteiger charge is -2.08. The van der Waals surface area contributed by atoms with Crippen LogP contribution in [0.5, 0.6) is 0 Å². The minimum absolute atomic E-state index is 0.0491. The van der Waals surface area contributed by atoms with Crippen molar-refractivity contribution in [1.82, 2.24) is 0 Å². The molecule has 19 heavy (non-hydrogen) atoms. The van der Waals surface area contributed by atoms with Gasteiger partial charge in [0.25, 0.3) is 5.69 Å². The number of halogens is 3. The predicted molar refractivity (Wildman–Crippen MR) is 61.1 cm³/mol. The predicted octanol–water partition coefficient (Wildman–Crippen LogP) is 2.02. The number of nitrogens with one attached hydrogen (secondary N) is 1. The molecule has 0 aliphatic carbocycles. The largest absolute Gasteiger partial charge is 0.416 e. The van der Waals surface area contributed by atoms with Crippen LogP contribution in [0.4, 0.5) is 24.5 Å². The maximum Gasteiger partial charge on any atom is 0.416 e. The summed E-state index contributed by atoms with van der Waals surface area (Å²) in [5.74, 6) is 0. The molecule has 0 spiro atoms. The van der Waals surface area contributed by atoms with E-state index in [1.165, 1.54) is 7.05 Å². The Kier molecular flexibility index (Phi) is 6.46. The highest BCUT2D eigenvalue weighted by molar-refractivity contribution is 7.30. The minimum Gasteiger partial charge on any atom is -0.383 e. The molecular weight excluding hydrogens is 292 g/mol. The van der Waals surface area contributed by atoms with Gasteiger partial charge in [-0.1, -0.05) is 0 Å². The molecule has 0 aromatic heterocycles. The molecule has 0 aliphatic heterocycles. The molecule has 0 heterocycles. The summed E-state index contributed by atoms with van der Waals surface area (Å²) in [7, 11) is -1.73. The van der Waals surface area contributed by atoms with Gasteiger partial charge in [-0.15, -0.1) is 0 Å². The van der Waals surface area contributed by atoms with E-state index in [2.05, 4.69) is 5.32 Å². The zero-order valence-electron chi connectivity index (χ0n) is 9.43. The van der Waals surface area contributed by atoms with Gasteiger partial charge in [0, 0.05) is 13.1 Å². The van der Waals surface area contributed by atoms with Crippen LogP contribution in [0.1, 0.15) is 5.56 Å². The number of hydrogen-bond acceptors (Lipinski definition) is 4. The number of anilines is 1. The normalized spacial score (nSPS) is 10.7. The van der Waals surface area contributed by atoms with Crippen LogP contribution in [0.2, 0.25) is 0 Å². The highest BCUT2D eigenvalue weighted by atomic mass is 31.1. The Labute approximate surface area is 105 Å². The fourth-order valence-corrected chi connectivity index (χ4v) is 1.07. The minimum atomic E-state index is -4.57. The topological polar surface area (TPSA) is 113 Å². The Morgan fingerprint density at radius 3 is 2.16 bits per heavy atom. The van der Waals surface area contributed by atoms with E-state index in [1.807, 2.05) is 0 Å². The number of benzene rings is 1. The summed E-state index contributed by atoms with van der Waals surface area (Å²) in [6.45, 7) is 0. The van der Waals surface area contributed by atoms with Gasteiger partial charge >= 0.3 is 14.4 Å². The summed E-state index contributed by atoms with van der Waals surface area (Å²) in [4.78, 5) is 23.9. The van der Waals surface area contributed by atoms with Gasteiger partial charge in [0.05, 0.1) is 10.5 Å². The van der Waals surface area contributed by atoms with Crippen LogP contribution in [-0.4, -0.2) is 21.8 Å². The van der Waals surface area contributed by atoms with Crippen LogP contribution >= 0.6 is 8.25 Å². The van der Waals surface area contributed by atoms with E-state index in [0.29, 0.717) is 6.07 Å². The molecule has 11 heteroatoms. The smallest absolute Gasteiger partial charge is 0.383 e. The average molecular weight is 302 g/mol. The van der Waals surface area contributed by atoms with Gasteiger partial charge in [-0.05, 0) is 12.1 Å². The van der Waals surface area contributed by atoms with Gasteiger partial charge in [0.1, 0.15) is 5.69 Å². The number of rotatable bonds is 2. The summed E-state index contributed by atoms with van der Waals surface area (Å²) < 4.78 is 45.4. The lowest BCUT2D eigenvalue weighted by Crippen LogP contribution is -2.06. The summed E-state index contributed by atoms with van der Waals surface area (Å²) in [5, 5.41) is 12.9. The summed E-state index contributed by atoms with van der Waals surface area (Å²) in [6.07, 6.45) is -4.57. The number of nitro benzene ring substituents is 1. The average Bonchev–Trinajstić information content (AvgIpc) is 2.26. The lowest BCUT2D eigenvalue weighted by atomic mass is 10.1. The third-order valence-electron chi connectivity index (χ3n) is 1.79. The van der Waals surface area contributed by atoms with Crippen molar-refractivity contribution < 1.29 is 32.4 Å². The molecule has 108 valence electrons. The summed E-state index contributed by atoms with van der Waals surface area (Å²) in [6, 6.07) is 2.33. The third-order valence-corrected chi connectivity index (χ3v) is 1.79. The van der Waals surface area contributed by atoms with Gasteiger partial charge < -0.3 is 15.1 Å². The molecule has 7 nitrogen and oxygen atoms in total. The standard InChI is InChI=1S/C8H7F3N2O2.H3O3P/c1-12-6-3-2-5(8(9,10)11)4-7(6)13(14)15;1-4(2)3/h2-4,12H,1H3;4H,(H2,1,2,3). The number of hydrogen-bond donors (Lipinski definition) is 3. The molecule has 1 aromatic carbocycles. The lowest BCUT2D eigenvalue weighted by molar-refractivity contribution is -0.384. The Bertz CT molecular complexity index is 476. The van der Waals surface area contributed by atoms with E-state index in [9.17, 15) is 23.3 Å². The third kappa shape index (κ3) is 6.18. The van der Waals surface area contributed by atoms with E-state index in [4.69, 9.17) is 14.4 Å². The van der Waals surface area contributed by atoms with Crippen molar-refractivity contribution in [3.05, 3.63) is 33.9 Å². The maximum absolute atomic E-state index is 12.2. The fourth-order valence-electron chi connectivity index (χ4n) is 1.07. The number of nitrogens with zero attached hydrogens (tertiary/aromatic N) is 1. The first kappa shape index (κ1) is 17.4. The number of alkyl halides is 3. The van der Waals surface area contributed by atoms with Crippen LogP contribution in [0.25, 0.3) is 0 Å². The van der Waals surface area contributed by atoms with Gasteiger partial charge in [-0.3, -0.25) is 14.7 Å². The molecule has 0 bridgehead atoms. The van der Waals surface area contributed by atoms with Crippen molar-refractivity contribution in [3.8, 4) is 0 Å². The molecule has 1 aromatic rings. The van der Waals surface area contributed by atoms with Gasteiger partial charge in [-0.25, -0.2) is 0 Å². The molecule has 0 saturated heterocycles. The fraction of sp³-hybridized carbons (Fsp3) is 0.250. The van der Waals surface area contributed by atoms with Gasteiger partial charge in [0.15, 0.2) is 0 Å². The van der Waals surface area contributed by atoms with Crippen molar-refractivity contribution in [2.75, 3.05) is 12.4 Å². The molecule has 0 amide bonds. The second-order valence-electron chi connectivity index (χ2n) is 3.02. The van der Waals surface area contributed by atoms with Gasteiger partial charge in [0.2, 0.25) is 0 Å². The van der Waals surface area contributed by atoms with E-state index >= 15 is 0 Å². The Hall–Kier alpha value is -1.64. The van der Waals surface area contributed by atoms with E-state index < -0.39 is 30.6 Å². The highest BCUT2D eigenvalue weighted by Crippen LogP contribution is 2.34. The SMILES string of the molecule is CNc1ccc(C(F)(F)F)cc1[N+](=O)[O-].O=[PH](O)O. The van der Waals surface area contributed by atoms with E-state index in [0.717, 1.165) is 12.1 Å². The molecule has 0 unspecified atom stereocenters. The maximum atomic E-state index is 12.2. The molecule has 1 rings (SSSR count). The molecule has 0 radical (unpaired) electrons. The first-order valence-corrected chi connectivity index (χ1v) is 5.85. The van der Waals surface area contributed by atoms with Crippen LogP contribution in [0.15, 0.2) is 18.2 Å². The highest BCUT2D eigenvalue weighted by Gasteiger charge is 2.32. The Morgan fingerprint density at radius 2 is 1.84 bits per heavy atom. The number of nitro groups is 1. The van der Waals surface area contributed by atoms with Crippen LogP contribution in [-0.2, 0) is 10.7 Å². The molecular formula is C8H10F3N2O5P. The monoisotopic (exact) mass is 302 g/mol. The Balaban J connectivity index is 0.000000711. The first-order valence-electron chi connectivity index (χ1n) is 4.55. The zero-order chi connectivity index (χ0) is 15.2. The first-order chi connectivity index (χ1) is 8.59. The molecule has 0 aliphatic rings.